The lowest BCUT2D eigenvalue weighted by molar-refractivity contribution is 0.584. The standard InChI is InChI=1S/C12H20N2O3S2/c1-3-13-11-7-5-6-8-12(11)19(16,17)14-9-10-18(15)4-2/h5-8,13-14H,3-4,9-10H2,1-2H3. The summed E-state index contributed by atoms with van der Waals surface area (Å²) in [5.74, 6) is 0.870. The largest absolute Gasteiger partial charge is 0.384 e. The normalized spacial score (nSPS) is 13.2. The molecule has 0 heterocycles. The molecule has 0 amide bonds. The summed E-state index contributed by atoms with van der Waals surface area (Å²) in [4.78, 5) is 0.221. The molecule has 108 valence electrons. The Morgan fingerprint density at radius 1 is 1.21 bits per heavy atom. The Morgan fingerprint density at radius 2 is 1.89 bits per heavy atom. The first-order valence-electron chi connectivity index (χ1n) is 6.18. The van der Waals surface area contributed by atoms with E-state index in [4.69, 9.17) is 0 Å². The monoisotopic (exact) mass is 304 g/mol. The van der Waals surface area contributed by atoms with Crippen LogP contribution in [-0.4, -0.2) is 37.2 Å². The Balaban J connectivity index is 2.79. The Morgan fingerprint density at radius 3 is 2.53 bits per heavy atom. The summed E-state index contributed by atoms with van der Waals surface area (Å²) < 4.78 is 38.0. The van der Waals surface area contributed by atoms with Crippen LogP contribution in [0.3, 0.4) is 0 Å². The molecule has 0 aliphatic carbocycles. The highest BCUT2D eigenvalue weighted by Gasteiger charge is 2.17. The van der Waals surface area contributed by atoms with Gasteiger partial charge in [-0.05, 0) is 19.1 Å². The van der Waals surface area contributed by atoms with Crippen LogP contribution in [0.15, 0.2) is 29.2 Å². The molecule has 0 aliphatic heterocycles. The van der Waals surface area contributed by atoms with Gasteiger partial charge in [-0.1, -0.05) is 19.1 Å². The molecule has 5 nitrogen and oxygen atoms in total. The van der Waals surface area contributed by atoms with Crippen LogP contribution in [-0.2, 0) is 20.8 Å². The van der Waals surface area contributed by atoms with Gasteiger partial charge in [-0.15, -0.1) is 0 Å². The molecule has 0 saturated carbocycles. The maximum Gasteiger partial charge on any atom is 0.242 e. The van der Waals surface area contributed by atoms with Crippen LogP contribution in [0.5, 0.6) is 0 Å². The number of sulfonamides is 1. The predicted octanol–water partition coefficient (Wildman–Crippen LogP) is 1.17. The van der Waals surface area contributed by atoms with E-state index in [1.54, 1.807) is 24.3 Å². The summed E-state index contributed by atoms with van der Waals surface area (Å²) in [7, 11) is -4.53. The van der Waals surface area contributed by atoms with Crippen LogP contribution in [0.4, 0.5) is 5.69 Å². The number of nitrogens with one attached hydrogen (secondary N) is 2. The molecule has 0 fully saturated rings. The smallest absolute Gasteiger partial charge is 0.242 e. The lowest BCUT2D eigenvalue weighted by Crippen LogP contribution is -2.28. The van der Waals surface area contributed by atoms with Crippen molar-refractivity contribution in [1.29, 1.82) is 0 Å². The van der Waals surface area contributed by atoms with Gasteiger partial charge in [-0.3, -0.25) is 4.21 Å². The third-order valence-corrected chi connectivity index (χ3v) is 5.31. The van der Waals surface area contributed by atoms with Gasteiger partial charge in [0.2, 0.25) is 10.0 Å². The second-order valence-corrected chi connectivity index (χ2v) is 7.46. The van der Waals surface area contributed by atoms with Crippen LogP contribution in [0, 0.1) is 0 Å². The molecule has 1 unspecified atom stereocenters. The van der Waals surface area contributed by atoms with Crippen molar-refractivity contribution in [3.05, 3.63) is 24.3 Å². The third-order valence-electron chi connectivity index (χ3n) is 2.49. The minimum absolute atomic E-state index is 0.184. The van der Waals surface area contributed by atoms with Crippen LogP contribution in [0.1, 0.15) is 13.8 Å². The SMILES string of the molecule is CCNc1ccccc1S(=O)(=O)NCCS(=O)CC. The van der Waals surface area contributed by atoms with Gasteiger partial charge in [0.15, 0.2) is 0 Å². The summed E-state index contributed by atoms with van der Waals surface area (Å²) in [6.45, 7) is 4.54. The molecule has 0 spiro atoms. The van der Waals surface area contributed by atoms with E-state index in [-0.39, 0.29) is 11.4 Å². The van der Waals surface area contributed by atoms with Crippen LogP contribution in [0.25, 0.3) is 0 Å². The zero-order chi connectivity index (χ0) is 14.3. The molecule has 0 bridgehead atoms. The lowest BCUT2D eigenvalue weighted by atomic mass is 10.3. The molecular formula is C12H20N2O3S2. The number of para-hydroxylation sites is 1. The van der Waals surface area contributed by atoms with Crippen LogP contribution >= 0.6 is 0 Å². The van der Waals surface area contributed by atoms with Gasteiger partial charge in [-0.25, -0.2) is 13.1 Å². The van der Waals surface area contributed by atoms with Crippen molar-refractivity contribution < 1.29 is 12.6 Å². The second kappa shape index (κ2) is 7.62. The van der Waals surface area contributed by atoms with E-state index in [0.29, 0.717) is 23.7 Å². The van der Waals surface area contributed by atoms with E-state index in [1.807, 2.05) is 13.8 Å². The number of anilines is 1. The molecule has 1 aromatic carbocycles. The predicted molar refractivity (Wildman–Crippen MR) is 79.3 cm³/mol. The number of rotatable bonds is 8. The van der Waals surface area contributed by atoms with Crippen LogP contribution < -0.4 is 10.0 Å². The van der Waals surface area contributed by atoms with E-state index >= 15 is 0 Å². The second-order valence-electron chi connectivity index (χ2n) is 3.86. The van der Waals surface area contributed by atoms with E-state index in [2.05, 4.69) is 10.0 Å². The first-order chi connectivity index (χ1) is 9.01. The molecule has 0 radical (unpaired) electrons. The van der Waals surface area contributed by atoms with E-state index in [9.17, 15) is 12.6 Å². The van der Waals surface area contributed by atoms with E-state index in [1.165, 1.54) is 0 Å². The van der Waals surface area contributed by atoms with Gasteiger partial charge in [0.25, 0.3) is 0 Å². The van der Waals surface area contributed by atoms with E-state index < -0.39 is 20.8 Å². The van der Waals surface area contributed by atoms with Crippen molar-refractivity contribution in [2.24, 2.45) is 0 Å². The minimum atomic E-state index is -3.56. The van der Waals surface area contributed by atoms with Crippen molar-refractivity contribution in [3.63, 3.8) is 0 Å². The van der Waals surface area contributed by atoms with Crippen molar-refractivity contribution in [3.8, 4) is 0 Å². The van der Waals surface area contributed by atoms with Crippen molar-refractivity contribution in [2.45, 2.75) is 18.7 Å². The molecule has 2 N–H and O–H groups in total. The van der Waals surface area contributed by atoms with Gasteiger partial charge in [0.1, 0.15) is 4.90 Å². The molecule has 0 aliphatic rings. The maximum atomic E-state index is 12.1. The molecule has 0 saturated heterocycles. The highest BCUT2D eigenvalue weighted by molar-refractivity contribution is 7.89. The average Bonchev–Trinajstić information content (AvgIpc) is 2.39. The van der Waals surface area contributed by atoms with Crippen molar-refractivity contribution in [2.75, 3.05) is 29.9 Å². The quantitative estimate of drug-likeness (QED) is 0.756. The number of hydrogen-bond donors (Lipinski definition) is 2. The summed E-state index contributed by atoms with van der Waals surface area (Å²) in [5, 5.41) is 3.01. The molecule has 19 heavy (non-hydrogen) atoms. The van der Waals surface area contributed by atoms with Gasteiger partial charge in [0, 0.05) is 35.4 Å². The van der Waals surface area contributed by atoms with Gasteiger partial charge in [0.05, 0.1) is 5.69 Å². The summed E-state index contributed by atoms with van der Waals surface area (Å²) >= 11 is 0. The minimum Gasteiger partial charge on any atom is -0.384 e. The van der Waals surface area contributed by atoms with Crippen molar-refractivity contribution in [1.82, 2.24) is 4.72 Å². The van der Waals surface area contributed by atoms with Gasteiger partial charge >= 0.3 is 0 Å². The molecule has 1 atom stereocenters. The molecule has 1 rings (SSSR count). The zero-order valence-corrected chi connectivity index (χ0v) is 12.8. The first-order valence-corrected chi connectivity index (χ1v) is 9.16. The fourth-order valence-electron chi connectivity index (χ4n) is 1.55. The molecular weight excluding hydrogens is 284 g/mol. The lowest BCUT2D eigenvalue weighted by Gasteiger charge is -2.11. The Bertz CT molecular complexity index is 530. The topological polar surface area (TPSA) is 75.3 Å². The number of hydrogen-bond acceptors (Lipinski definition) is 4. The molecule has 7 heteroatoms. The highest BCUT2D eigenvalue weighted by atomic mass is 32.2. The fraction of sp³-hybridized carbons (Fsp3) is 0.500. The van der Waals surface area contributed by atoms with E-state index in [0.717, 1.165) is 0 Å². The maximum absolute atomic E-state index is 12.1. The first kappa shape index (κ1) is 16.1. The summed E-state index contributed by atoms with van der Waals surface area (Å²) in [5.41, 5.74) is 0.578. The summed E-state index contributed by atoms with van der Waals surface area (Å²) in [6.07, 6.45) is 0. The highest BCUT2D eigenvalue weighted by Crippen LogP contribution is 2.20. The Labute approximate surface area is 117 Å². The number of benzene rings is 1. The van der Waals surface area contributed by atoms with Crippen molar-refractivity contribution >= 4 is 26.5 Å². The zero-order valence-electron chi connectivity index (χ0n) is 11.2. The molecule has 0 aromatic heterocycles. The molecule has 1 aromatic rings. The Hall–Kier alpha value is -0.920. The Kier molecular flexibility index (Phi) is 6.47. The van der Waals surface area contributed by atoms with Gasteiger partial charge < -0.3 is 5.32 Å². The van der Waals surface area contributed by atoms with Gasteiger partial charge in [-0.2, -0.15) is 0 Å². The average molecular weight is 304 g/mol. The summed E-state index contributed by atoms with van der Waals surface area (Å²) in [6, 6.07) is 6.74. The fourth-order valence-corrected chi connectivity index (χ4v) is 3.51. The van der Waals surface area contributed by atoms with Crippen LogP contribution in [0.2, 0.25) is 0 Å². The third kappa shape index (κ3) is 4.93.